The number of phenolic OH excluding ortho intramolecular Hbond substituents is 1. The third-order valence-electron chi connectivity index (χ3n) is 5.08. The number of phenols is 1. The molecule has 0 bridgehead atoms. The molecule has 0 saturated carbocycles. The summed E-state index contributed by atoms with van der Waals surface area (Å²) in [6.07, 6.45) is 19.8. The topological polar surface area (TPSA) is 32.8 Å². The average Bonchev–Trinajstić information content (AvgIpc) is 3.41. The van der Waals surface area contributed by atoms with Crippen molar-refractivity contribution in [2.75, 3.05) is 6.61 Å². The lowest BCUT2D eigenvalue weighted by Gasteiger charge is -2.04. The summed E-state index contributed by atoms with van der Waals surface area (Å²) in [5.41, 5.74) is 1.34. The van der Waals surface area contributed by atoms with E-state index in [0.29, 0.717) is 11.9 Å². The molecule has 2 nitrogen and oxygen atoms in total. The highest BCUT2D eigenvalue weighted by atomic mass is 16.6. The van der Waals surface area contributed by atoms with E-state index >= 15 is 0 Å². The first-order valence-corrected chi connectivity index (χ1v) is 10.2. The molecule has 136 valence electrons. The molecular weight excluding hydrogens is 296 g/mol. The Morgan fingerprint density at radius 1 is 0.708 bits per heavy atom. The van der Waals surface area contributed by atoms with Crippen molar-refractivity contribution < 1.29 is 9.84 Å². The van der Waals surface area contributed by atoms with Crippen LogP contribution in [-0.2, 0) is 11.2 Å². The summed E-state index contributed by atoms with van der Waals surface area (Å²) in [5.74, 6) is 0.367. The van der Waals surface area contributed by atoms with Crippen LogP contribution in [0.1, 0.15) is 89.0 Å². The van der Waals surface area contributed by atoms with Gasteiger partial charge < -0.3 is 9.84 Å². The normalized spacial score (nSPS) is 16.4. The number of aryl methyl sites for hydroxylation is 1. The summed E-state index contributed by atoms with van der Waals surface area (Å²) in [5, 5.41) is 9.26. The Bertz CT molecular complexity index is 408. The van der Waals surface area contributed by atoms with Crippen molar-refractivity contribution in [1.82, 2.24) is 0 Å². The molecule has 1 atom stereocenters. The Balaban J connectivity index is 1.26. The largest absolute Gasteiger partial charge is 0.508 e. The van der Waals surface area contributed by atoms with Crippen molar-refractivity contribution in [2.45, 2.75) is 96.0 Å². The second kappa shape index (κ2) is 12.4. The Morgan fingerprint density at radius 2 is 1.17 bits per heavy atom. The molecule has 1 fully saturated rings. The van der Waals surface area contributed by atoms with Gasteiger partial charge in [-0.1, -0.05) is 82.8 Å². The quantitative estimate of drug-likeness (QED) is 0.297. The average molecular weight is 333 g/mol. The number of hydrogen-bond acceptors (Lipinski definition) is 2. The Morgan fingerprint density at radius 3 is 1.67 bits per heavy atom. The summed E-state index contributed by atoms with van der Waals surface area (Å²) < 4.78 is 5.23. The molecule has 2 heteroatoms. The van der Waals surface area contributed by atoms with Gasteiger partial charge in [0.15, 0.2) is 0 Å². The molecule has 1 aromatic rings. The van der Waals surface area contributed by atoms with Crippen LogP contribution in [0.3, 0.4) is 0 Å². The van der Waals surface area contributed by atoms with Crippen LogP contribution in [0, 0.1) is 0 Å². The maximum atomic E-state index is 9.26. The van der Waals surface area contributed by atoms with Gasteiger partial charge >= 0.3 is 0 Å². The number of aromatic hydroxyl groups is 1. The molecule has 1 aromatic carbocycles. The van der Waals surface area contributed by atoms with Gasteiger partial charge in [0.1, 0.15) is 5.75 Å². The van der Waals surface area contributed by atoms with Crippen LogP contribution in [0.15, 0.2) is 24.3 Å². The van der Waals surface area contributed by atoms with Gasteiger partial charge in [0.05, 0.1) is 12.7 Å². The van der Waals surface area contributed by atoms with Crippen molar-refractivity contribution in [3.8, 4) is 5.75 Å². The van der Waals surface area contributed by atoms with Crippen LogP contribution in [0.4, 0.5) is 0 Å². The molecule has 24 heavy (non-hydrogen) atoms. The van der Waals surface area contributed by atoms with Crippen molar-refractivity contribution in [2.24, 2.45) is 0 Å². The fourth-order valence-corrected chi connectivity index (χ4v) is 3.37. The minimum Gasteiger partial charge on any atom is -0.508 e. The lowest BCUT2D eigenvalue weighted by atomic mass is 10.0. The fraction of sp³-hybridized carbons (Fsp3) is 0.727. The van der Waals surface area contributed by atoms with Crippen LogP contribution < -0.4 is 0 Å². The van der Waals surface area contributed by atoms with Crippen LogP contribution in [0.5, 0.6) is 5.75 Å². The third kappa shape index (κ3) is 9.97. The second-order valence-electron chi connectivity index (χ2n) is 7.40. The summed E-state index contributed by atoms with van der Waals surface area (Å²) in [6.45, 7) is 1.02. The summed E-state index contributed by atoms with van der Waals surface area (Å²) >= 11 is 0. The van der Waals surface area contributed by atoms with Gasteiger partial charge in [-0.2, -0.15) is 0 Å². The molecule has 1 heterocycles. The van der Waals surface area contributed by atoms with E-state index < -0.39 is 0 Å². The van der Waals surface area contributed by atoms with E-state index in [4.69, 9.17) is 4.74 Å². The summed E-state index contributed by atoms with van der Waals surface area (Å²) in [7, 11) is 0. The number of benzene rings is 1. The van der Waals surface area contributed by atoms with Gasteiger partial charge in [-0.15, -0.1) is 0 Å². The van der Waals surface area contributed by atoms with Crippen LogP contribution in [0.2, 0.25) is 0 Å². The Hall–Kier alpha value is -1.02. The van der Waals surface area contributed by atoms with Crippen molar-refractivity contribution in [1.29, 1.82) is 0 Å². The molecule has 0 aliphatic carbocycles. The van der Waals surface area contributed by atoms with Crippen molar-refractivity contribution in [3.05, 3.63) is 29.8 Å². The number of ether oxygens (including phenoxy) is 1. The molecule has 0 amide bonds. The van der Waals surface area contributed by atoms with E-state index in [1.54, 1.807) is 12.1 Å². The molecular formula is C22H36O2. The number of hydrogen-bond donors (Lipinski definition) is 1. The minimum absolute atomic E-state index is 0.367. The predicted octanol–water partition coefficient (Wildman–Crippen LogP) is 6.40. The maximum absolute atomic E-state index is 9.26. The highest BCUT2D eigenvalue weighted by Crippen LogP contribution is 2.18. The first-order chi connectivity index (χ1) is 11.8. The standard InChI is InChI=1S/C22H36O2/c23-21-17-15-20(16-18-21)13-11-9-7-5-3-1-2-4-6-8-10-12-14-22-19-24-22/h15-18,22-23H,1-14,19H2. The molecule has 1 N–H and O–H groups in total. The van der Waals surface area contributed by atoms with Gasteiger partial charge in [0.25, 0.3) is 0 Å². The molecule has 0 radical (unpaired) electrons. The van der Waals surface area contributed by atoms with E-state index in [2.05, 4.69) is 0 Å². The van der Waals surface area contributed by atoms with E-state index in [-0.39, 0.29) is 0 Å². The molecule has 0 spiro atoms. The smallest absolute Gasteiger partial charge is 0.115 e. The molecule has 1 aliphatic rings. The molecule has 1 saturated heterocycles. The zero-order chi connectivity index (χ0) is 16.9. The molecule has 0 aromatic heterocycles. The first kappa shape index (κ1) is 19.3. The molecule has 1 aliphatic heterocycles. The molecule has 2 rings (SSSR count). The lowest BCUT2D eigenvalue weighted by Crippen LogP contribution is -1.87. The van der Waals surface area contributed by atoms with Crippen LogP contribution >= 0.6 is 0 Å². The first-order valence-electron chi connectivity index (χ1n) is 10.2. The SMILES string of the molecule is Oc1ccc(CCCCCCCCCCCCCCC2CO2)cc1. The van der Waals surface area contributed by atoms with Gasteiger partial charge in [-0.25, -0.2) is 0 Å². The number of unbranched alkanes of at least 4 members (excludes halogenated alkanes) is 11. The van der Waals surface area contributed by atoms with Gasteiger partial charge in [-0.3, -0.25) is 0 Å². The van der Waals surface area contributed by atoms with Crippen LogP contribution in [0.25, 0.3) is 0 Å². The summed E-state index contributed by atoms with van der Waals surface area (Å²) in [4.78, 5) is 0. The van der Waals surface area contributed by atoms with E-state index in [0.717, 1.165) is 13.0 Å². The molecule has 1 unspecified atom stereocenters. The van der Waals surface area contributed by atoms with E-state index in [9.17, 15) is 5.11 Å². The number of epoxide rings is 1. The third-order valence-corrected chi connectivity index (χ3v) is 5.08. The van der Waals surface area contributed by atoms with Gasteiger partial charge in [-0.05, 0) is 37.0 Å². The summed E-state index contributed by atoms with van der Waals surface area (Å²) in [6, 6.07) is 7.65. The van der Waals surface area contributed by atoms with Crippen LogP contribution in [-0.4, -0.2) is 17.8 Å². The Labute approximate surface area is 148 Å². The maximum Gasteiger partial charge on any atom is 0.115 e. The van der Waals surface area contributed by atoms with E-state index in [1.165, 1.54) is 89.0 Å². The highest BCUT2D eigenvalue weighted by molar-refractivity contribution is 5.25. The second-order valence-corrected chi connectivity index (χ2v) is 7.40. The predicted molar refractivity (Wildman–Crippen MR) is 102 cm³/mol. The van der Waals surface area contributed by atoms with Crippen molar-refractivity contribution >= 4 is 0 Å². The highest BCUT2D eigenvalue weighted by Gasteiger charge is 2.20. The monoisotopic (exact) mass is 332 g/mol. The minimum atomic E-state index is 0.367. The lowest BCUT2D eigenvalue weighted by molar-refractivity contribution is 0.387. The zero-order valence-corrected chi connectivity index (χ0v) is 15.3. The van der Waals surface area contributed by atoms with Crippen molar-refractivity contribution in [3.63, 3.8) is 0 Å². The zero-order valence-electron chi connectivity index (χ0n) is 15.3. The Kier molecular flexibility index (Phi) is 9.94. The number of rotatable bonds is 15. The fourth-order valence-electron chi connectivity index (χ4n) is 3.37. The van der Waals surface area contributed by atoms with Gasteiger partial charge in [0.2, 0.25) is 0 Å². The van der Waals surface area contributed by atoms with E-state index in [1.807, 2.05) is 12.1 Å². The van der Waals surface area contributed by atoms with Gasteiger partial charge in [0, 0.05) is 0 Å².